The largest absolute Gasteiger partial charge is 0.394 e. The Morgan fingerprint density at radius 3 is 2.03 bits per heavy atom. The predicted octanol–water partition coefficient (Wildman–Crippen LogP) is 7.50. The molecule has 0 fully saturated rings. The first kappa shape index (κ1) is 22.1. The van der Waals surface area contributed by atoms with Gasteiger partial charge in [-0.3, -0.25) is 4.79 Å². The first-order chi connectivity index (χ1) is 13.6. The molecular formula is C25H34ClNOSi. The fourth-order valence-electron chi connectivity index (χ4n) is 6.07. The zero-order chi connectivity index (χ0) is 21.5. The molecule has 2 aromatic carbocycles. The van der Waals surface area contributed by atoms with E-state index in [4.69, 9.17) is 11.6 Å². The van der Waals surface area contributed by atoms with E-state index in [0.29, 0.717) is 33.3 Å². The van der Waals surface area contributed by atoms with Crippen molar-refractivity contribution in [2.75, 3.05) is 4.57 Å². The summed E-state index contributed by atoms with van der Waals surface area (Å²) in [6.07, 6.45) is 0.919. The van der Waals surface area contributed by atoms with E-state index in [1.165, 1.54) is 11.3 Å². The van der Waals surface area contributed by atoms with Crippen LogP contribution in [0.2, 0.25) is 21.6 Å². The number of carbonyl (C=O) groups excluding carboxylic acids is 1. The topological polar surface area (TPSA) is 20.3 Å². The maximum atomic E-state index is 13.4. The monoisotopic (exact) mass is 427 g/mol. The average Bonchev–Trinajstić information content (AvgIpc) is 2.98. The Balaban J connectivity index is 2.17. The number of nitrogens with zero attached hydrogens (tertiary/aromatic N) is 1. The second kappa shape index (κ2) is 8.27. The van der Waals surface area contributed by atoms with Gasteiger partial charge in [-0.1, -0.05) is 77.4 Å². The van der Waals surface area contributed by atoms with Crippen molar-refractivity contribution in [3.63, 3.8) is 0 Å². The predicted molar refractivity (Wildman–Crippen MR) is 128 cm³/mol. The van der Waals surface area contributed by atoms with Gasteiger partial charge in [-0.2, -0.15) is 0 Å². The van der Waals surface area contributed by atoms with E-state index in [2.05, 4.69) is 59.1 Å². The number of hydrogen-bond donors (Lipinski definition) is 0. The molecule has 0 radical (unpaired) electrons. The fraction of sp³-hybridized carbons (Fsp3) is 0.480. The molecule has 156 valence electrons. The first-order valence-electron chi connectivity index (χ1n) is 10.8. The van der Waals surface area contributed by atoms with Crippen LogP contribution in [0, 0.1) is 0 Å². The van der Waals surface area contributed by atoms with Crippen LogP contribution in [0.4, 0.5) is 5.69 Å². The maximum absolute atomic E-state index is 13.4. The fourth-order valence-corrected chi connectivity index (χ4v) is 13.4. The molecule has 0 aromatic heterocycles. The van der Waals surface area contributed by atoms with Crippen LogP contribution in [0.15, 0.2) is 42.5 Å². The summed E-state index contributed by atoms with van der Waals surface area (Å²) in [5.74, 6) is 0.0346. The highest BCUT2D eigenvalue weighted by Gasteiger charge is 2.52. The number of halogens is 1. The molecule has 4 heteroatoms. The lowest BCUT2D eigenvalue weighted by Gasteiger charge is -2.53. The molecule has 0 amide bonds. The number of rotatable bonds is 6. The highest BCUT2D eigenvalue weighted by Crippen LogP contribution is 2.50. The molecule has 0 saturated heterocycles. The van der Waals surface area contributed by atoms with Crippen LogP contribution in [0.5, 0.6) is 0 Å². The Kier molecular flexibility index (Phi) is 6.31. The van der Waals surface area contributed by atoms with Crippen molar-refractivity contribution in [3.8, 4) is 0 Å². The lowest BCUT2D eigenvalue weighted by molar-refractivity contribution is 0.103. The van der Waals surface area contributed by atoms with Crippen molar-refractivity contribution in [2.24, 2.45) is 0 Å². The molecule has 1 heterocycles. The van der Waals surface area contributed by atoms with Crippen LogP contribution in [0.3, 0.4) is 0 Å². The van der Waals surface area contributed by atoms with Crippen molar-refractivity contribution < 1.29 is 4.79 Å². The molecule has 1 aliphatic rings. The van der Waals surface area contributed by atoms with Gasteiger partial charge in [-0.25, -0.2) is 0 Å². The molecule has 1 aliphatic heterocycles. The number of ketones is 1. The zero-order valence-electron chi connectivity index (χ0n) is 18.8. The van der Waals surface area contributed by atoms with Gasteiger partial charge in [0.05, 0.1) is 5.02 Å². The van der Waals surface area contributed by atoms with Crippen LogP contribution >= 0.6 is 11.6 Å². The Morgan fingerprint density at radius 1 is 0.931 bits per heavy atom. The van der Waals surface area contributed by atoms with Crippen molar-refractivity contribution in [1.29, 1.82) is 0 Å². The van der Waals surface area contributed by atoms with Gasteiger partial charge in [-0.05, 0) is 53.7 Å². The van der Waals surface area contributed by atoms with Gasteiger partial charge in [0, 0.05) is 22.9 Å². The van der Waals surface area contributed by atoms with Gasteiger partial charge >= 0.3 is 0 Å². The van der Waals surface area contributed by atoms with E-state index in [1.54, 1.807) is 6.07 Å². The minimum Gasteiger partial charge on any atom is -0.394 e. The molecule has 0 spiro atoms. The van der Waals surface area contributed by atoms with Crippen LogP contribution in [-0.4, -0.2) is 20.1 Å². The zero-order valence-corrected chi connectivity index (χ0v) is 20.5. The molecule has 0 unspecified atom stereocenters. The highest BCUT2D eigenvalue weighted by molar-refractivity contribution is 6.87. The van der Waals surface area contributed by atoms with Crippen LogP contribution in [0.1, 0.15) is 70.0 Å². The van der Waals surface area contributed by atoms with E-state index < -0.39 is 8.24 Å². The standard InChI is InChI=1S/C25H34ClNOSi/c1-16(2)29(17(3)4,18(5)6)27-19(7)15-22-20(12-10-14-24(22)27)25(28)21-11-8-9-13-23(21)26/h8-14,16-19H,15H2,1-7H3/t19-/m0/s1. The molecule has 2 aromatic rings. The van der Waals surface area contributed by atoms with Gasteiger partial charge in [-0.15, -0.1) is 0 Å². The lowest BCUT2D eigenvalue weighted by atomic mass is 9.96. The summed E-state index contributed by atoms with van der Waals surface area (Å²) in [6.45, 7) is 16.7. The average molecular weight is 428 g/mol. The SMILES string of the molecule is CC(C)[Si](C(C)C)(C(C)C)N1c2cccc(C(=O)c3ccccc3Cl)c2C[C@@H]1C. The molecule has 29 heavy (non-hydrogen) atoms. The number of anilines is 1. The van der Waals surface area contributed by atoms with E-state index in [0.717, 1.165) is 12.0 Å². The summed E-state index contributed by atoms with van der Waals surface area (Å²) >= 11 is 6.35. The Labute approximate surface area is 182 Å². The normalized spacial score (nSPS) is 16.8. The molecule has 0 saturated carbocycles. The van der Waals surface area contributed by atoms with Gasteiger partial charge in [0.2, 0.25) is 0 Å². The summed E-state index contributed by atoms with van der Waals surface area (Å²) in [6, 6.07) is 14.0. The van der Waals surface area contributed by atoms with Gasteiger partial charge in [0.15, 0.2) is 14.0 Å². The summed E-state index contributed by atoms with van der Waals surface area (Å²) in [7, 11) is -1.86. The third-order valence-electron chi connectivity index (χ3n) is 6.91. The van der Waals surface area contributed by atoms with E-state index >= 15 is 0 Å². The summed E-state index contributed by atoms with van der Waals surface area (Å²) in [5, 5.41) is 0.522. The van der Waals surface area contributed by atoms with Gasteiger partial charge in [0.25, 0.3) is 0 Å². The Hall–Kier alpha value is -1.58. The molecule has 2 nitrogen and oxygen atoms in total. The molecule has 0 aliphatic carbocycles. The van der Waals surface area contributed by atoms with Gasteiger partial charge in [0.1, 0.15) is 0 Å². The van der Waals surface area contributed by atoms with E-state index in [9.17, 15) is 4.79 Å². The summed E-state index contributed by atoms with van der Waals surface area (Å²) in [4.78, 5) is 13.4. The minimum absolute atomic E-state index is 0.0346. The van der Waals surface area contributed by atoms with E-state index in [1.807, 2.05) is 30.3 Å². The Bertz CT molecular complexity index is 884. The lowest BCUT2D eigenvalue weighted by Crippen LogP contribution is -2.62. The summed E-state index contributed by atoms with van der Waals surface area (Å²) in [5.41, 5.74) is 5.75. The van der Waals surface area contributed by atoms with E-state index in [-0.39, 0.29) is 5.78 Å². The number of carbonyl (C=O) groups is 1. The quantitative estimate of drug-likeness (QED) is 0.351. The number of benzene rings is 2. The van der Waals surface area contributed by atoms with Crippen LogP contribution < -0.4 is 4.57 Å². The third-order valence-corrected chi connectivity index (χ3v) is 14.3. The number of fused-ring (bicyclic) bond motifs is 1. The first-order valence-corrected chi connectivity index (χ1v) is 13.4. The number of hydrogen-bond acceptors (Lipinski definition) is 2. The van der Waals surface area contributed by atoms with Crippen molar-refractivity contribution in [3.05, 3.63) is 64.2 Å². The third kappa shape index (κ3) is 3.47. The summed E-state index contributed by atoms with van der Waals surface area (Å²) < 4.78 is 2.77. The van der Waals surface area contributed by atoms with Crippen molar-refractivity contribution >= 4 is 31.3 Å². The Morgan fingerprint density at radius 2 is 1.48 bits per heavy atom. The maximum Gasteiger partial charge on any atom is 0.194 e. The van der Waals surface area contributed by atoms with Crippen LogP contribution in [0.25, 0.3) is 0 Å². The smallest absolute Gasteiger partial charge is 0.194 e. The van der Waals surface area contributed by atoms with Crippen molar-refractivity contribution in [1.82, 2.24) is 0 Å². The second-order valence-electron chi connectivity index (χ2n) is 9.39. The van der Waals surface area contributed by atoms with Crippen LogP contribution in [-0.2, 0) is 6.42 Å². The molecule has 0 bridgehead atoms. The van der Waals surface area contributed by atoms with Crippen molar-refractivity contribution in [2.45, 2.75) is 77.6 Å². The highest BCUT2D eigenvalue weighted by atomic mass is 35.5. The molecule has 3 rings (SSSR count). The molecular weight excluding hydrogens is 394 g/mol. The van der Waals surface area contributed by atoms with Gasteiger partial charge < -0.3 is 4.57 Å². The molecule has 0 N–H and O–H groups in total. The minimum atomic E-state index is -1.86. The molecule has 1 atom stereocenters. The second-order valence-corrected chi connectivity index (χ2v) is 15.5.